The Morgan fingerprint density at radius 1 is 1.53 bits per heavy atom. The maximum Gasteiger partial charge on any atom is 0.320 e. The van der Waals surface area contributed by atoms with Gasteiger partial charge in [-0.3, -0.25) is 4.79 Å². The van der Waals surface area contributed by atoms with E-state index in [2.05, 4.69) is 11.4 Å². The molecule has 0 saturated heterocycles. The Hall–Kier alpha value is -1.86. The zero-order chi connectivity index (χ0) is 12.7. The minimum Gasteiger partial charge on any atom is -0.480 e. The molecule has 90 valence electrons. The van der Waals surface area contributed by atoms with Crippen LogP contribution in [0.3, 0.4) is 0 Å². The number of carboxylic acid groups (broad SMARTS) is 1. The van der Waals surface area contributed by atoms with Crippen molar-refractivity contribution < 1.29 is 9.90 Å². The van der Waals surface area contributed by atoms with Crippen molar-refractivity contribution in [2.75, 3.05) is 0 Å². The lowest BCUT2D eigenvalue weighted by molar-refractivity contribution is -0.139. The Morgan fingerprint density at radius 3 is 2.82 bits per heavy atom. The van der Waals surface area contributed by atoms with Crippen molar-refractivity contribution in [1.29, 1.82) is 5.26 Å². The normalized spacial score (nSPS) is 11.8. The van der Waals surface area contributed by atoms with Crippen LogP contribution in [0.5, 0.6) is 0 Å². The number of aliphatic carboxylic acids is 1. The van der Waals surface area contributed by atoms with E-state index in [0.717, 1.165) is 12.0 Å². The van der Waals surface area contributed by atoms with Gasteiger partial charge in [-0.1, -0.05) is 31.5 Å². The summed E-state index contributed by atoms with van der Waals surface area (Å²) >= 11 is 0. The minimum atomic E-state index is -0.846. The van der Waals surface area contributed by atoms with Crippen LogP contribution in [-0.4, -0.2) is 17.1 Å². The predicted molar refractivity (Wildman–Crippen MR) is 64.3 cm³/mol. The lowest BCUT2D eigenvalue weighted by Crippen LogP contribution is -2.36. The van der Waals surface area contributed by atoms with Crippen molar-refractivity contribution >= 4 is 5.97 Å². The number of rotatable bonds is 6. The third kappa shape index (κ3) is 3.89. The lowest BCUT2D eigenvalue weighted by atomic mass is 10.1. The Bertz CT molecular complexity index is 424. The van der Waals surface area contributed by atoms with Crippen LogP contribution in [-0.2, 0) is 11.3 Å². The van der Waals surface area contributed by atoms with E-state index in [1.165, 1.54) is 0 Å². The van der Waals surface area contributed by atoms with E-state index < -0.39 is 12.0 Å². The molecule has 0 amide bonds. The molecule has 0 aliphatic heterocycles. The maximum absolute atomic E-state index is 10.9. The van der Waals surface area contributed by atoms with Crippen molar-refractivity contribution in [3.05, 3.63) is 35.4 Å². The molecular weight excluding hydrogens is 216 g/mol. The van der Waals surface area contributed by atoms with Crippen molar-refractivity contribution in [3.8, 4) is 6.07 Å². The topological polar surface area (TPSA) is 73.1 Å². The number of benzene rings is 1. The predicted octanol–water partition coefficient (Wildman–Crippen LogP) is 1.90. The third-order valence-electron chi connectivity index (χ3n) is 2.55. The molecule has 0 fully saturated rings. The van der Waals surface area contributed by atoms with Crippen LogP contribution in [0.4, 0.5) is 0 Å². The van der Waals surface area contributed by atoms with Crippen LogP contribution in [0.2, 0.25) is 0 Å². The van der Waals surface area contributed by atoms with Gasteiger partial charge >= 0.3 is 5.97 Å². The average Bonchev–Trinajstić information content (AvgIpc) is 2.34. The molecule has 1 unspecified atom stereocenters. The first kappa shape index (κ1) is 13.2. The third-order valence-corrected chi connectivity index (χ3v) is 2.55. The molecule has 1 rings (SSSR count). The van der Waals surface area contributed by atoms with Crippen LogP contribution < -0.4 is 5.32 Å². The summed E-state index contributed by atoms with van der Waals surface area (Å²) in [5.41, 5.74) is 1.41. The molecule has 0 aliphatic rings. The molecule has 0 radical (unpaired) electrons. The molecule has 17 heavy (non-hydrogen) atoms. The molecule has 4 nitrogen and oxygen atoms in total. The molecule has 0 aliphatic carbocycles. The van der Waals surface area contributed by atoms with E-state index in [4.69, 9.17) is 10.4 Å². The van der Waals surface area contributed by atoms with Gasteiger partial charge in [0, 0.05) is 6.54 Å². The zero-order valence-corrected chi connectivity index (χ0v) is 9.81. The maximum atomic E-state index is 10.9. The Kier molecular flexibility index (Phi) is 5.18. The minimum absolute atomic E-state index is 0.403. The molecule has 1 aromatic rings. The molecular formula is C13H16N2O2. The number of nitrogens with zero attached hydrogens (tertiary/aromatic N) is 1. The second-order valence-electron chi connectivity index (χ2n) is 3.83. The van der Waals surface area contributed by atoms with E-state index >= 15 is 0 Å². The molecule has 2 N–H and O–H groups in total. The molecule has 0 heterocycles. The zero-order valence-electron chi connectivity index (χ0n) is 9.81. The van der Waals surface area contributed by atoms with Gasteiger partial charge in [-0.05, 0) is 18.1 Å². The van der Waals surface area contributed by atoms with Gasteiger partial charge in [0.05, 0.1) is 11.6 Å². The van der Waals surface area contributed by atoms with E-state index in [9.17, 15) is 4.79 Å². The van der Waals surface area contributed by atoms with Crippen molar-refractivity contribution in [2.24, 2.45) is 0 Å². The van der Waals surface area contributed by atoms with Crippen LogP contribution in [0.25, 0.3) is 0 Å². The summed E-state index contributed by atoms with van der Waals surface area (Å²) in [5.74, 6) is -0.846. The summed E-state index contributed by atoms with van der Waals surface area (Å²) in [6.07, 6.45) is 1.40. The number of hydrogen-bond acceptors (Lipinski definition) is 3. The van der Waals surface area contributed by atoms with Gasteiger partial charge in [0.15, 0.2) is 0 Å². The fourth-order valence-corrected chi connectivity index (χ4v) is 1.62. The van der Waals surface area contributed by atoms with E-state index in [1.807, 2.05) is 19.1 Å². The van der Waals surface area contributed by atoms with Gasteiger partial charge in [0.25, 0.3) is 0 Å². The highest BCUT2D eigenvalue weighted by atomic mass is 16.4. The molecule has 0 bridgehead atoms. The summed E-state index contributed by atoms with van der Waals surface area (Å²) in [7, 11) is 0. The fraction of sp³-hybridized carbons (Fsp3) is 0.385. The molecule has 0 aromatic heterocycles. The smallest absolute Gasteiger partial charge is 0.320 e. The van der Waals surface area contributed by atoms with Crippen molar-refractivity contribution in [2.45, 2.75) is 32.4 Å². The number of carbonyl (C=O) groups is 1. The quantitative estimate of drug-likeness (QED) is 0.785. The van der Waals surface area contributed by atoms with Crippen LogP contribution >= 0.6 is 0 Å². The molecule has 0 spiro atoms. The van der Waals surface area contributed by atoms with Gasteiger partial charge in [-0.2, -0.15) is 5.26 Å². The molecule has 1 aromatic carbocycles. The Balaban J connectivity index is 2.65. The number of carboxylic acids is 1. The number of nitrogens with one attached hydrogen (secondary N) is 1. The highest BCUT2D eigenvalue weighted by Crippen LogP contribution is 2.08. The molecule has 4 heteroatoms. The number of hydrogen-bond donors (Lipinski definition) is 2. The van der Waals surface area contributed by atoms with Crippen molar-refractivity contribution in [3.63, 3.8) is 0 Å². The first-order valence-corrected chi connectivity index (χ1v) is 5.63. The van der Waals surface area contributed by atoms with Gasteiger partial charge in [0.1, 0.15) is 6.04 Å². The summed E-state index contributed by atoms with van der Waals surface area (Å²) in [6.45, 7) is 2.35. The fourth-order valence-electron chi connectivity index (χ4n) is 1.62. The first-order chi connectivity index (χ1) is 8.19. The van der Waals surface area contributed by atoms with Crippen molar-refractivity contribution in [1.82, 2.24) is 5.32 Å². The van der Waals surface area contributed by atoms with Crippen LogP contribution in [0, 0.1) is 11.3 Å². The standard InChI is InChI=1S/C13H16N2O2/c1-2-5-12(13(16)17)15-9-11-7-4-3-6-10(11)8-14/h3-4,6-7,12,15H,2,5,9H2,1H3,(H,16,17). The second-order valence-corrected chi connectivity index (χ2v) is 3.83. The summed E-state index contributed by atoms with van der Waals surface area (Å²) in [4.78, 5) is 10.9. The number of nitriles is 1. The van der Waals surface area contributed by atoms with E-state index in [1.54, 1.807) is 12.1 Å². The SMILES string of the molecule is CCCC(NCc1ccccc1C#N)C(=O)O. The summed E-state index contributed by atoms with van der Waals surface area (Å²) in [5, 5.41) is 20.8. The van der Waals surface area contributed by atoms with Crippen LogP contribution in [0.15, 0.2) is 24.3 Å². The highest BCUT2D eigenvalue weighted by molar-refractivity contribution is 5.73. The van der Waals surface area contributed by atoms with Gasteiger partial charge in [-0.25, -0.2) is 0 Å². The van der Waals surface area contributed by atoms with Gasteiger partial charge < -0.3 is 10.4 Å². The highest BCUT2D eigenvalue weighted by Gasteiger charge is 2.15. The Labute approximate surface area is 101 Å². The summed E-state index contributed by atoms with van der Waals surface area (Å²) < 4.78 is 0. The first-order valence-electron chi connectivity index (χ1n) is 5.63. The van der Waals surface area contributed by atoms with E-state index in [-0.39, 0.29) is 0 Å². The molecule has 0 saturated carbocycles. The van der Waals surface area contributed by atoms with E-state index in [0.29, 0.717) is 18.5 Å². The second kappa shape index (κ2) is 6.66. The Morgan fingerprint density at radius 2 is 2.24 bits per heavy atom. The lowest BCUT2D eigenvalue weighted by Gasteiger charge is -2.13. The van der Waals surface area contributed by atoms with Gasteiger partial charge in [-0.15, -0.1) is 0 Å². The molecule has 1 atom stereocenters. The summed E-state index contributed by atoms with van der Waals surface area (Å²) in [6, 6.07) is 8.74. The largest absolute Gasteiger partial charge is 0.480 e. The van der Waals surface area contributed by atoms with Gasteiger partial charge in [0.2, 0.25) is 0 Å². The monoisotopic (exact) mass is 232 g/mol. The van der Waals surface area contributed by atoms with Crippen LogP contribution in [0.1, 0.15) is 30.9 Å². The average molecular weight is 232 g/mol.